The van der Waals surface area contributed by atoms with Gasteiger partial charge in [-0.25, -0.2) is 9.79 Å². The van der Waals surface area contributed by atoms with Crippen molar-refractivity contribution in [3.63, 3.8) is 0 Å². The molecule has 1 aliphatic heterocycles. The van der Waals surface area contributed by atoms with Crippen LogP contribution in [0.1, 0.15) is 22.2 Å². The first kappa shape index (κ1) is 26.7. The van der Waals surface area contributed by atoms with Crippen molar-refractivity contribution < 1.29 is 23.9 Å². The number of rotatable bonds is 7. The van der Waals surface area contributed by atoms with Crippen molar-refractivity contribution in [2.24, 2.45) is 4.99 Å². The molecule has 0 atom stereocenters. The first-order chi connectivity index (χ1) is 17.5. The molecule has 0 bridgehead atoms. The summed E-state index contributed by atoms with van der Waals surface area (Å²) in [5, 5.41) is 5.65. The van der Waals surface area contributed by atoms with E-state index in [1.54, 1.807) is 43.5 Å². The topological polar surface area (TPSA) is 97.3 Å². The van der Waals surface area contributed by atoms with Crippen LogP contribution in [0.4, 0.5) is 11.4 Å². The van der Waals surface area contributed by atoms with Gasteiger partial charge in [0.05, 0.1) is 17.7 Å². The fourth-order valence-electron chi connectivity index (χ4n) is 3.17. The van der Waals surface area contributed by atoms with Crippen LogP contribution in [0.5, 0.6) is 11.5 Å². The SMILES string of the molecule is C=O.CCNc1ccc(N=C2SC(=Cc3ccc(OC(=O)c4cccs4)c(OC)c3)C(=O)N2C)cc1. The molecule has 3 aromatic rings. The van der Waals surface area contributed by atoms with Crippen molar-refractivity contribution in [1.29, 1.82) is 0 Å². The predicted octanol–water partition coefficient (Wildman–Crippen LogP) is 5.46. The normalized spacial score (nSPS) is 15.0. The van der Waals surface area contributed by atoms with Crippen LogP contribution in [0, 0.1) is 0 Å². The summed E-state index contributed by atoms with van der Waals surface area (Å²) >= 11 is 2.61. The number of carbonyl (C=O) groups excluding carboxylic acids is 3. The Balaban J connectivity index is 0.00000176. The highest BCUT2D eigenvalue weighted by Gasteiger charge is 2.30. The molecule has 1 fully saturated rings. The van der Waals surface area contributed by atoms with E-state index in [9.17, 15) is 9.59 Å². The molecule has 10 heteroatoms. The molecule has 186 valence electrons. The highest BCUT2D eigenvalue weighted by Crippen LogP contribution is 2.35. The van der Waals surface area contributed by atoms with Crippen molar-refractivity contribution in [3.05, 3.63) is 75.3 Å². The summed E-state index contributed by atoms with van der Waals surface area (Å²) in [6.45, 7) is 4.89. The van der Waals surface area contributed by atoms with Crippen LogP contribution < -0.4 is 14.8 Å². The number of hydrogen-bond acceptors (Lipinski definition) is 9. The van der Waals surface area contributed by atoms with Gasteiger partial charge < -0.3 is 19.6 Å². The standard InChI is InChI=1S/C25H23N3O4S2.CH2O/c1-4-26-17-8-10-18(11-9-17)27-25-28(2)23(29)22(34-25)15-16-7-12-19(20(14-16)31-3)32-24(30)21-6-5-13-33-21;1-2/h5-15,26H,4H2,1-3H3;1H2. The molecule has 1 amide bonds. The first-order valence-electron chi connectivity index (χ1n) is 10.8. The van der Waals surface area contributed by atoms with Crippen LogP contribution in [0.25, 0.3) is 6.08 Å². The quantitative estimate of drug-likeness (QED) is 0.250. The summed E-state index contributed by atoms with van der Waals surface area (Å²) in [7, 11) is 3.21. The number of benzene rings is 2. The van der Waals surface area contributed by atoms with Crippen LogP contribution in [0.3, 0.4) is 0 Å². The minimum absolute atomic E-state index is 0.139. The Morgan fingerprint density at radius 2 is 1.89 bits per heavy atom. The Kier molecular flexibility index (Phi) is 9.43. The molecular weight excluding hydrogens is 498 g/mol. The number of hydrogen-bond donors (Lipinski definition) is 1. The Morgan fingerprint density at radius 1 is 1.14 bits per heavy atom. The summed E-state index contributed by atoms with van der Waals surface area (Å²) in [6.07, 6.45) is 1.77. The van der Waals surface area contributed by atoms with Gasteiger partial charge in [0.1, 0.15) is 11.7 Å². The number of aliphatic imine (C=N–C) groups is 1. The molecule has 36 heavy (non-hydrogen) atoms. The lowest BCUT2D eigenvalue weighted by Gasteiger charge is -2.09. The average Bonchev–Trinajstić information content (AvgIpc) is 3.53. The van der Waals surface area contributed by atoms with Crippen LogP contribution in [-0.2, 0) is 9.59 Å². The van der Waals surface area contributed by atoms with Crippen LogP contribution >= 0.6 is 23.1 Å². The highest BCUT2D eigenvalue weighted by molar-refractivity contribution is 8.18. The molecule has 1 N–H and O–H groups in total. The van der Waals surface area contributed by atoms with Crippen molar-refractivity contribution in [2.75, 3.05) is 26.0 Å². The molecular formula is C26H25N3O5S2. The summed E-state index contributed by atoms with van der Waals surface area (Å²) in [5.41, 5.74) is 2.53. The van der Waals surface area contributed by atoms with E-state index in [-0.39, 0.29) is 5.91 Å². The number of amidine groups is 1. The lowest BCUT2D eigenvalue weighted by Crippen LogP contribution is -2.23. The predicted molar refractivity (Wildman–Crippen MR) is 145 cm³/mol. The lowest BCUT2D eigenvalue weighted by molar-refractivity contribution is -0.121. The van der Waals surface area contributed by atoms with Gasteiger partial charge in [0.25, 0.3) is 5.91 Å². The number of nitrogens with one attached hydrogen (secondary N) is 1. The van der Waals surface area contributed by atoms with E-state index < -0.39 is 5.97 Å². The number of amides is 1. The zero-order valence-corrected chi connectivity index (χ0v) is 21.7. The number of thioether (sulfide) groups is 1. The van der Waals surface area contributed by atoms with Gasteiger partial charge in [0.15, 0.2) is 16.7 Å². The molecule has 0 saturated carbocycles. The van der Waals surface area contributed by atoms with Crippen molar-refractivity contribution in [3.8, 4) is 11.5 Å². The van der Waals surface area contributed by atoms with Crippen LogP contribution in [0.15, 0.2) is 69.9 Å². The maximum atomic E-state index is 12.8. The second kappa shape index (κ2) is 12.7. The smallest absolute Gasteiger partial charge is 0.353 e. The molecule has 0 unspecified atom stereocenters. The number of thiophene rings is 1. The van der Waals surface area contributed by atoms with Gasteiger partial charge in [0, 0.05) is 19.3 Å². The molecule has 0 radical (unpaired) electrons. The number of esters is 1. The zero-order valence-electron chi connectivity index (χ0n) is 20.0. The maximum Gasteiger partial charge on any atom is 0.353 e. The van der Waals surface area contributed by atoms with E-state index in [1.165, 1.54) is 35.1 Å². The van der Waals surface area contributed by atoms with Crippen molar-refractivity contribution >= 4 is 64.4 Å². The lowest BCUT2D eigenvalue weighted by atomic mass is 10.2. The molecule has 1 aromatic heterocycles. The van der Waals surface area contributed by atoms with Gasteiger partial charge in [-0.15, -0.1) is 11.3 Å². The molecule has 8 nitrogen and oxygen atoms in total. The number of ether oxygens (including phenoxy) is 2. The summed E-state index contributed by atoms with van der Waals surface area (Å²) < 4.78 is 10.9. The van der Waals surface area contributed by atoms with Crippen LogP contribution in [-0.4, -0.2) is 49.4 Å². The number of anilines is 1. The van der Waals surface area contributed by atoms with Gasteiger partial charge in [-0.1, -0.05) is 12.1 Å². The van der Waals surface area contributed by atoms with E-state index in [2.05, 4.69) is 10.3 Å². The van der Waals surface area contributed by atoms with Gasteiger partial charge in [-0.2, -0.15) is 0 Å². The largest absolute Gasteiger partial charge is 0.493 e. The molecule has 2 heterocycles. The van der Waals surface area contributed by atoms with Crippen molar-refractivity contribution in [1.82, 2.24) is 4.90 Å². The fourth-order valence-corrected chi connectivity index (χ4v) is 4.76. The molecule has 1 saturated heterocycles. The Labute approximate surface area is 217 Å². The third-order valence-electron chi connectivity index (χ3n) is 4.89. The van der Waals surface area contributed by atoms with Crippen molar-refractivity contribution in [2.45, 2.75) is 6.92 Å². The summed E-state index contributed by atoms with van der Waals surface area (Å²) in [5.74, 6) is 0.133. The first-order valence-corrected chi connectivity index (χ1v) is 12.5. The number of carbonyl (C=O) groups is 3. The molecule has 0 aliphatic carbocycles. The second-order valence-electron chi connectivity index (χ2n) is 7.22. The third-order valence-corrected chi connectivity index (χ3v) is 6.80. The highest BCUT2D eigenvalue weighted by atomic mass is 32.2. The minimum Gasteiger partial charge on any atom is -0.493 e. The van der Waals surface area contributed by atoms with Crippen LogP contribution in [0.2, 0.25) is 0 Å². The number of likely N-dealkylation sites (N-methyl/N-ethyl adjacent to an activating group) is 1. The second-order valence-corrected chi connectivity index (χ2v) is 9.18. The maximum absolute atomic E-state index is 12.8. The van der Waals surface area contributed by atoms with E-state index in [0.717, 1.165) is 23.5 Å². The summed E-state index contributed by atoms with van der Waals surface area (Å²) in [6, 6.07) is 16.4. The third kappa shape index (κ3) is 6.41. The Hall–Kier alpha value is -3.89. The van der Waals surface area contributed by atoms with E-state index in [0.29, 0.717) is 26.4 Å². The van der Waals surface area contributed by atoms with Gasteiger partial charge in [-0.3, -0.25) is 9.69 Å². The van der Waals surface area contributed by atoms with E-state index in [1.807, 2.05) is 43.4 Å². The van der Waals surface area contributed by atoms with Gasteiger partial charge >= 0.3 is 5.97 Å². The molecule has 2 aromatic carbocycles. The fraction of sp³-hybridized carbons (Fsp3) is 0.154. The van der Waals surface area contributed by atoms with E-state index in [4.69, 9.17) is 14.3 Å². The zero-order chi connectivity index (χ0) is 26.1. The molecule has 4 rings (SSSR count). The van der Waals surface area contributed by atoms with E-state index >= 15 is 0 Å². The molecule has 1 aliphatic rings. The monoisotopic (exact) mass is 523 g/mol. The Morgan fingerprint density at radius 3 is 2.53 bits per heavy atom. The number of nitrogens with zero attached hydrogens (tertiary/aromatic N) is 2. The van der Waals surface area contributed by atoms with Gasteiger partial charge in [0.2, 0.25) is 0 Å². The van der Waals surface area contributed by atoms with Gasteiger partial charge in [-0.05, 0) is 78.2 Å². The Bertz CT molecular complexity index is 1270. The average molecular weight is 524 g/mol. The number of methoxy groups -OCH3 is 1. The molecule has 0 spiro atoms. The minimum atomic E-state index is -0.443. The summed E-state index contributed by atoms with van der Waals surface area (Å²) in [4.78, 5) is 40.3.